The van der Waals surface area contributed by atoms with Crippen molar-refractivity contribution < 1.29 is 0 Å². The van der Waals surface area contributed by atoms with Gasteiger partial charge in [-0.25, -0.2) is 0 Å². The first-order valence-electron chi connectivity index (χ1n) is 4.01. The topological polar surface area (TPSA) is 15.8 Å². The van der Waals surface area contributed by atoms with Crippen LogP contribution in [0.2, 0.25) is 0 Å². The molecule has 0 unspecified atom stereocenters. The molecule has 0 aliphatic rings. The highest BCUT2D eigenvalue weighted by Gasteiger charge is 1.96. The van der Waals surface area contributed by atoms with Gasteiger partial charge in [-0.15, -0.1) is 0 Å². The van der Waals surface area contributed by atoms with Crippen LogP contribution in [0.5, 0.6) is 0 Å². The van der Waals surface area contributed by atoms with Crippen LogP contribution >= 0.6 is 0 Å². The standard InChI is InChI=1S/C11H11N/c1-3-9-4-5-11-10(7-9)6-8(2)12-11/h3-7,12H,1H2,2H3. The Kier molecular flexibility index (Phi) is 1.51. The predicted octanol–water partition coefficient (Wildman–Crippen LogP) is 3.12. The lowest BCUT2D eigenvalue weighted by molar-refractivity contribution is 1.30. The summed E-state index contributed by atoms with van der Waals surface area (Å²) in [5.41, 5.74) is 3.56. The van der Waals surface area contributed by atoms with Crippen LogP contribution in [0.15, 0.2) is 30.8 Å². The maximum Gasteiger partial charge on any atom is 0.0456 e. The Bertz CT molecular complexity index is 423. The van der Waals surface area contributed by atoms with Crippen LogP contribution in [0.1, 0.15) is 11.3 Å². The third-order valence-electron chi connectivity index (χ3n) is 2.02. The average Bonchev–Trinajstić information content (AvgIpc) is 2.43. The first-order valence-corrected chi connectivity index (χ1v) is 4.01. The quantitative estimate of drug-likeness (QED) is 0.654. The first-order chi connectivity index (χ1) is 5.79. The number of rotatable bonds is 1. The lowest BCUT2D eigenvalue weighted by Gasteiger charge is -1.91. The van der Waals surface area contributed by atoms with Crippen molar-refractivity contribution in [3.63, 3.8) is 0 Å². The number of aromatic nitrogens is 1. The molecule has 0 aliphatic carbocycles. The molecule has 1 nitrogen and oxygen atoms in total. The number of hydrogen-bond acceptors (Lipinski definition) is 0. The van der Waals surface area contributed by atoms with Gasteiger partial charge in [-0.2, -0.15) is 0 Å². The third kappa shape index (κ3) is 1.03. The average molecular weight is 157 g/mol. The van der Waals surface area contributed by atoms with Crippen LogP contribution in [0, 0.1) is 6.92 Å². The summed E-state index contributed by atoms with van der Waals surface area (Å²) in [5, 5.41) is 1.25. The first kappa shape index (κ1) is 7.17. The molecule has 0 saturated carbocycles. The van der Waals surface area contributed by atoms with Gasteiger partial charge < -0.3 is 4.98 Å². The highest BCUT2D eigenvalue weighted by Crippen LogP contribution is 2.16. The van der Waals surface area contributed by atoms with Gasteiger partial charge in [-0.3, -0.25) is 0 Å². The van der Waals surface area contributed by atoms with Crippen LogP contribution in [0.3, 0.4) is 0 Å². The summed E-state index contributed by atoms with van der Waals surface area (Å²) in [4.78, 5) is 3.28. The van der Waals surface area contributed by atoms with Gasteiger partial charge in [0.25, 0.3) is 0 Å². The molecular formula is C11H11N. The van der Waals surface area contributed by atoms with Gasteiger partial charge in [0.05, 0.1) is 0 Å². The van der Waals surface area contributed by atoms with E-state index in [1.165, 1.54) is 22.2 Å². The second-order valence-corrected chi connectivity index (χ2v) is 3.00. The number of aryl methyl sites for hydroxylation is 1. The Morgan fingerprint density at radius 3 is 2.92 bits per heavy atom. The van der Waals surface area contributed by atoms with Gasteiger partial charge >= 0.3 is 0 Å². The van der Waals surface area contributed by atoms with Crippen LogP contribution in [0.4, 0.5) is 0 Å². The number of nitrogens with one attached hydrogen (secondary N) is 1. The van der Waals surface area contributed by atoms with E-state index in [1.54, 1.807) is 0 Å². The van der Waals surface area contributed by atoms with Crippen molar-refractivity contribution in [3.05, 3.63) is 42.1 Å². The molecule has 0 amide bonds. The molecule has 0 fully saturated rings. The van der Waals surface area contributed by atoms with Gasteiger partial charge in [0.2, 0.25) is 0 Å². The van der Waals surface area contributed by atoms with Crippen molar-refractivity contribution >= 4 is 17.0 Å². The number of benzene rings is 1. The van der Waals surface area contributed by atoms with E-state index in [0.717, 1.165) is 0 Å². The molecule has 1 aromatic carbocycles. The van der Waals surface area contributed by atoms with Gasteiger partial charge in [-0.05, 0) is 30.7 Å². The molecule has 0 spiro atoms. The predicted molar refractivity (Wildman–Crippen MR) is 53.1 cm³/mol. The Morgan fingerprint density at radius 1 is 1.33 bits per heavy atom. The summed E-state index contributed by atoms with van der Waals surface area (Å²) in [6.07, 6.45) is 1.86. The minimum atomic E-state index is 1.17. The van der Waals surface area contributed by atoms with E-state index in [0.29, 0.717) is 0 Å². The van der Waals surface area contributed by atoms with E-state index in [1.807, 2.05) is 6.08 Å². The zero-order valence-electron chi connectivity index (χ0n) is 7.09. The Labute approximate surface area is 71.7 Å². The summed E-state index contributed by atoms with van der Waals surface area (Å²) in [6.45, 7) is 5.80. The van der Waals surface area contributed by atoms with E-state index >= 15 is 0 Å². The maximum atomic E-state index is 3.73. The van der Waals surface area contributed by atoms with Gasteiger partial charge in [-0.1, -0.05) is 18.7 Å². The Morgan fingerprint density at radius 2 is 2.17 bits per heavy atom. The molecule has 12 heavy (non-hydrogen) atoms. The minimum absolute atomic E-state index is 1.17. The molecule has 2 rings (SSSR count). The lowest BCUT2D eigenvalue weighted by atomic mass is 10.1. The van der Waals surface area contributed by atoms with E-state index in [-0.39, 0.29) is 0 Å². The van der Waals surface area contributed by atoms with E-state index in [4.69, 9.17) is 0 Å². The number of H-pyrrole nitrogens is 1. The summed E-state index contributed by atoms with van der Waals surface area (Å²) in [5.74, 6) is 0. The third-order valence-corrected chi connectivity index (χ3v) is 2.02. The summed E-state index contributed by atoms with van der Waals surface area (Å²) in [6, 6.07) is 8.42. The molecular weight excluding hydrogens is 146 g/mol. The number of hydrogen-bond donors (Lipinski definition) is 1. The van der Waals surface area contributed by atoms with E-state index in [2.05, 4.69) is 42.8 Å². The number of aromatic amines is 1. The second-order valence-electron chi connectivity index (χ2n) is 3.00. The van der Waals surface area contributed by atoms with Crippen molar-refractivity contribution in [2.45, 2.75) is 6.92 Å². The van der Waals surface area contributed by atoms with Gasteiger partial charge in [0.15, 0.2) is 0 Å². The SMILES string of the molecule is C=Cc1ccc2[nH]c(C)cc2c1. The highest BCUT2D eigenvalue weighted by atomic mass is 14.7. The fourth-order valence-electron chi connectivity index (χ4n) is 1.42. The zero-order valence-corrected chi connectivity index (χ0v) is 7.09. The van der Waals surface area contributed by atoms with Crippen molar-refractivity contribution in [2.75, 3.05) is 0 Å². The Balaban J connectivity index is 2.74. The molecule has 0 saturated heterocycles. The molecule has 1 N–H and O–H groups in total. The van der Waals surface area contributed by atoms with Crippen LogP contribution in [-0.4, -0.2) is 4.98 Å². The molecule has 0 atom stereocenters. The molecule has 2 aromatic rings. The molecule has 0 radical (unpaired) electrons. The second kappa shape index (κ2) is 2.52. The van der Waals surface area contributed by atoms with E-state index < -0.39 is 0 Å². The Hall–Kier alpha value is -1.50. The molecule has 0 aliphatic heterocycles. The van der Waals surface area contributed by atoms with Crippen LogP contribution in [-0.2, 0) is 0 Å². The fourth-order valence-corrected chi connectivity index (χ4v) is 1.42. The molecule has 60 valence electrons. The van der Waals surface area contributed by atoms with Crippen LogP contribution in [0.25, 0.3) is 17.0 Å². The summed E-state index contributed by atoms with van der Waals surface area (Å²) < 4.78 is 0. The normalized spacial score (nSPS) is 10.4. The molecule has 0 bridgehead atoms. The molecule has 1 heteroatoms. The lowest BCUT2D eigenvalue weighted by Crippen LogP contribution is -1.70. The van der Waals surface area contributed by atoms with Gasteiger partial charge in [0, 0.05) is 16.6 Å². The smallest absolute Gasteiger partial charge is 0.0456 e. The number of fused-ring (bicyclic) bond motifs is 1. The minimum Gasteiger partial charge on any atom is -0.359 e. The highest BCUT2D eigenvalue weighted by molar-refractivity contribution is 5.82. The molecule has 1 aromatic heterocycles. The van der Waals surface area contributed by atoms with Crippen molar-refractivity contribution in [2.24, 2.45) is 0 Å². The molecule has 1 heterocycles. The summed E-state index contributed by atoms with van der Waals surface area (Å²) >= 11 is 0. The van der Waals surface area contributed by atoms with Gasteiger partial charge in [0.1, 0.15) is 0 Å². The largest absolute Gasteiger partial charge is 0.359 e. The maximum absolute atomic E-state index is 3.73. The van der Waals surface area contributed by atoms with Crippen molar-refractivity contribution in [1.29, 1.82) is 0 Å². The van der Waals surface area contributed by atoms with Crippen molar-refractivity contribution in [1.82, 2.24) is 4.98 Å². The van der Waals surface area contributed by atoms with E-state index in [9.17, 15) is 0 Å². The summed E-state index contributed by atoms with van der Waals surface area (Å²) in [7, 11) is 0. The van der Waals surface area contributed by atoms with Crippen molar-refractivity contribution in [3.8, 4) is 0 Å². The fraction of sp³-hybridized carbons (Fsp3) is 0.0909. The monoisotopic (exact) mass is 157 g/mol. The zero-order chi connectivity index (χ0) is 8.55. The van der Waals surface area contributed by atoms with Crippen LogP contribution < -0.4 is 0 Å².